The molecule has 1 unspecified atom stereocenters. The van der Waals surface area contributed by atoms with Gasteiger partial charge in [-0.05, 0) is 35.9 Å². The highest BCUT2D eigenvalue weighted by atomic mass is 16.5. The van der Waals surface area contributed by atoms with Crippen molar-refractivity contribution in [2.45, 2.75) is 19.6 Å². The average molecular weight is 532 g/mol. The zero-order valence-corrected chi connectivity index (χ0v) is 21.6. The number of aromatic nitrogens is 3. The zero-order valence-electron chi connectivity index (χ0n) is 21.6. The number of aromatic amines is 1. The van der Waals surface area contributed by atoms with E-state index < -0.39 is 12.1 Å². The predicted molar refractivity (Wildman–Crippen MR) is 149 cm³/mol. The lowest BCUT2D eigenvalue weighted by Gasteiger charge is -2.23. The molecule has 198 valence electrons. The molecule has 0 saturated carbocycles. The Morgan fingerprint density at radius 1 is 0.950 bits per heavy atom. The monoisotopic (exact) mass is 531 g/mol. The fraction of sp³-hybridized carbons (Fsp3) is 0.129. The normalized spacial score (nSPS) is 14.3. The molecule has 3 aromatic carbocycles. The quantitative estimate of drug-likeness (QED) is 0.311. The van der Waals surface area contributed by atoms with Crippen LogP contribution in [0.15, 0.2) is 91.1 Å². The van der Waals surface area contributed by atoms with Crippen LogP contribution in [0.25, 0.3) is 22.6 Å². The minimum Gasteiger partial charge on any atom is -0.453 e. The molecule has 0 aliphatic carbocycles. The van der Waals surface area contributed by atoms with Gasteiger partial charge in [-0.1, -0.05) is 54.6 Å². The molecule has 9 heteroatoms. The Morgan fingerprint density at radius 3 is 2.48 bits per heavy atom. The number of nitrogens with zero attached hydrogens (tertiary/aromatic N) is 3. The van der Waals surface area contributed by atoms with E-state index in [9.17, 15) is 14.4 Å². The summed E-state index contributed by atoms with van der Waals surface area (Å²) in [6.45, 7) is 1.37. The second kappa shape index (κ2) is 10.5. The third-order valence-electron chi connectivity index (χ3n) is 6.76. The lowest BCUT2D eigenvalue weighted by atomic mass is 9.97. The number of esters is 1. The first-order chi connectivity index (χ1) is 19.5. The van der Waals surface area contributed by atoms with Crippen LogP contribution in [0.1, 0.15) is 40.1 Å². The number of hydrogen-bond donors (Lipinski definition) is 2. The number of fused-ring (bicyclic) bond motifs is 3. The fourth-order valence-corrected chi connectivity index (χ4v) is 4.89. The maximum Gasteiger partial charge on any atom is 0.303 e. The number of pyridine rings is 1. The number of rotatable bonds is 6. The molecule has 0 fully saturated rings. The maximum atomic E-state index is 13.7. The van der Waals surface area contributed by atoms with Crippen LogP contribution in [0.2, 0.25) is 0 Å². The summed E-state index contributed by atoms with van der Waals surface area (Å²) in [6, 6.07) is 25.6. The smallest absolute Gasteiger partial charge is 0.303 e. The van der Waals surface area contributed by atoms with E-state index in [1.807, 2.05) is 42.5 Å². The number of carbonyl (C=O) groups excluding carboxylic acids is 3. The topological polar surface area (TPSA) is 117 Å². The average Bonchev–Trinajstić information content (AvgIpc) is 3.39. The fourth-order valence-electron chi connectivity index (χ4n) is 4.89. The molecule has 2 N–H and O–H groups in total. The number of benzene rings is 3. The van der Waals surface area contributed by atoms with Gasteiger partial charge in [0, 0.05) is 36.4 Å². The van der Waals surface area contributed by atoms with Gasteiger partial charge < -0.3 is 15.0 Å². The van der Waals surface area contributed by atoms with Crippen LogP contribution in [0.4, 0.5) is 5.69 Å². The highest BCUT2D eigenvalue weighted by molar-refractivity contribution is 6.11. The van der Waals surface area contributed by atoms with Crippen LogP contribution in [0, 0.1) is 0 Å². The third-order valence-corrected chi connectivity index (χ3v) is 6.76. The van der Waals surface area contributed by atoms with E-state index in [1.54, 1.807) is 48.7 Å². The lowest BCUT2D eigenvalue weighted by Crippen LogP contribution is -2.40. The number of carbonyl (C=O) groups is 3. The van der Waals surface area contributed by atoms with Crippen molar-refractivity contribution >= 4 is 34.5 Å². The van der Waals surface area contributed by atoms with Crippen molar-refractivity contribution in [1.82, 2.24) is 20.3 Å². The molecular weight excluding hydrogens is 506 g/mol. The molecule has 2 aromatic heterocycles. The standard InChI is InChI=1S/C31H25N5O4/c1-19(37)40-29-21-8-2-3-9-22(21)31(39)36(27-13-7-4-10-23(27)29)18-28(38)33-17-20-14-15-26(32-16-20)30-34-24-11-5-6-12-25(24)35-30/h2-16,29H,17-18H2,1H3,(H,33,38)(H,34,35). The second-order valence-electron chi connectivity index (χ2n) is 9.46. The van der Waals surface area contributed by atoms with E-state index in [0.717, 1.165) is 16.6 Å². The molecule has 2 amide bonds. The van der Waals surface area contributed by atoms with E-state index in [1.165, 1.54) is 11.8 Å². The Labute approximate surface area is 229 Å². The van der Waals surface area contributed by atoms with Crippen molar-refractivity contribution in [2.75, 3.05) is 11.4 Å². The number of hydrogen-bond acceptors (Lipinski definition) is 6. The summed E-state index contributed by atoms with van der Waals surface area (Å²) in [5.74, 6) is -0.478. The SMILES string of the molecule is CC(=O)OC1c2ccccc2C(=O)N(CC(=O)NCc2ccc(-c3nc4ccccc4[nH]3)nc2)c2ccccc21. The van der Waals surface area contributed by atoms with Crippen molar-refractivity contribution in [3.8, 4) is 11.5 Å². The summed E-state index contributed by atoms with van der Waals surface area (Å²) >= 11 is 0. The lowest BCUT2D eigenvalue weighted by molar-refractivity contribution is -0.144. The molecule has 0 radical (unpaired) electrons. The molecule has 0 bridgehead atoms. The van der Waals surface area contributed by atoms with Crippen LogP contribution in [0.5, 0.6) is 0 Å². The van der Waals surface area contributed by atoms with Gasteiger partial charge in [-0.3, -0.25) is 24.3 Å². The van der Waals surface area contributed by atoms with Crippen LogP contribution < -0.4 is 10.2 Å². The Balaban J connectivity index is 1.19. The zero-order chi connectivity index (χ0) is 27.6. The number of nitrogens with one attached hydrogen (secondary N) is 2. The van der Waals surface area contributed by atoms with Crippen LogP contribution >= 0.6 is 0 Å². The predicted octanol–water partition coefficient (Wildman–Crippen LogP) is 4.55. The molecule has 6 rings (SSSR count). The van der Waals surface area contributed by atoms with Gasteiger partial charge >= 0.3 is 5.97 Å². The Kier molecular flexibility index (Phi) is 6.53. The first kappa shape index (κ1) is 25.0. The van der Waals surface area contributed by atoms with Gasteiger partial charge in [-0.15, -0.1) is 0 Å². The minimum absolute atomic E-state index is 0.207. The van der Waals surface area contributed by atoms with Gasteiger partial charge in [0.2, 0.25) is 5.91 Å². The van der Waals surface area contributed by atoms with Crippen LogP contribution in [-0.2, 0) is 20.9 Å². The summed E-state index contributed by atoms with van der Waals surface area (Å²) < 4.78 is 5.66. The van der Waals surface area contributed by atoms with Gasteiger partial charge in [0.05, 0.1) is 16.7 Å². The Hall–Kier alpha value is -5.31. The molecule has 40 heavy (non-hydrogen) atoms. The summed E-state index contributed by atoms with van der Waals surface area (Å²) in [5.41, 5.74) is 5.40. The summed E-state index contributed by atoms with van der Waals surface area (Å²) in [6.07, 6.45) is 0.924. The molecule has 1 atom stereocenters. The van der Waals surface area contributed by atoms with Gasteiger partial charge in [0.1, 0.15) is 12.2 Å². The highest BCUT2D eigenvalue weighted by Gasteiger charge is 2.34. The molecular formula is C31H25N5O4. The van der Waals surface area contributed by atoms with Crippen molar-refractivity contribution in [3.05, 3.63) is 113 Å². The molecule has 0 saturated heterocycles. The van der Waals surface area contributed by atoms with Crippen molar-refractivity contribution in [2.24, 2.45) is 0 Å². The van der Waals surface area contributed by atoms with Crippen LogP contribution in [-0.4, -0.2) is 39.3 Å². The number of amides is 2. The molecule has 5 aromatic rings. The van der Waals surface area contributed by atoms with Crippen LogP contribution in [0.3, 0.4) is 0 Å². The molecule has 0 spiro atoms. The third kappa shape index (κ3) is 4.80. The van der Waals surface area contributed by atoms with Gasteiger partial charge in [0.25, 0.3) is 5.91 Å². The van der Waals surface area contributed by atoms with Gasteiger partial charge in [-0.25, -0.2) is 4.98 Å². The molecule has 1 aliphatic heterocycles. The Bertz CT molecular complexity index is 1710. The van der Waals surface area contributed by atoms with Gasteiger partial charge in [0.15, 0.2) is 11.9 Å². The van der Waals surface area contributed by atoms with E-state index in [2.05, 4.69) is 20.3 Å². The van der Waals surface area contributed by atoms with Crippen molar-refractivity contribution < 1.29 is 19.1 Å². The van der Waals surface area contributed by atoms with E-state index in [-0.39, 0.29) is 24.9 Å². The second-order valence-corrected chi connectivity index (χ2v) is 9.46. The number of imidazole rings is 1. The minimum atomic E-state index is -0.766. The maximum absolute atomic E-state index is 13.7. The number of H-pyrrole nitrogens is 1. The first-order valence-corrected chi connectivity index (χ1v) is 12.8. The molecule has 9 nitrogen and oxygen atoms in total. The van der Waals surface area contributed by atoms with E-state index >= 15 is 0 Å². The summed E-state index contributed by atoms with van der Waals surface area (Å²) in [4.78, 5) is 52.5. The largest absolute Gasteiger partial charge is 0.453 e. The van der Waals surface area contributed by atoms with Crippen molar-refractivity contribution in [1.29, 1.82) is 0 Å². The highest BCUT2D eigenvalue weighted by Crippen LogP contribution is 2.39. The molecule has 3 heterocycles. The summed E-state index contributed by atoms with van der Waals surface area (Å²) in [7, 11) is 0. The number of ether oxygens (including phenoxy) is 1. The van der Waals surface area contributed by atoms with Crippen molar-refractivity contribution in [3.63, 3.8) is 0 Å². The first-order valence-electron chi connectivity index (χ1n) is 12.8. The van der Waals surface area contributed by atoms with E-state index in [0.29, 0.717) is 33.9 Å². The van der Waals surface area contributed by atoms with Gasteiger partial charge in [-0.2, -0.15) is 0 Å². The number of para-hydroxylation sites is 3. The Morgan fingerprint density at radius 2 is 1.70 bits per heavy atom. The molecule has 1 aliphatic rings. The number of anilines is 1. The summed E-state index contributed by atoms with van der Waals surface area (Å²) in [5, 5.41) is 2.88. The van der Waals surface area contributed by atoms with E-state index in [4.69, 9.17) is 4.74 Å².